The van der Waals surface area contributed by atoms with Gasteiger partial charge in [-0.1, -0.05) is 98.1 Å². The van der Waals surface area contributed by atoms with Crippen LogP contribution in [-0.4, -0.2) is 13.2 Å². The van der Waals surface area contributed by atoms with Gasteiger partial charge in [-0.2, -0.15) is 0 Å². The molecule has 0 amide bonds. The Bertz CT molecular complexity index is 1980. The number of benzene rings is 6. The van der Waals surface area contributed by atoms with Crippen LogP contribution in [0.5, 0.6) is 11.5 Å². The summed E-state index contributed by atoms with van der Waals surface area (Å²) in [5, 5.41) is 0. The second-order valence-corrected chi connectivity index (χ2v) is 13.6. The first-order valence-corrected chi connectivity index (χ1v) is 18.2. The van der Waals surface area contributed by atoms with E-state index in [9.17, 15) is 0 Å². The van der Waals surface area contributed by atoms with Crippen molar-refractivity contribution < 1.29 is 9.47 Å². The van der Waals surface area contributed by atoms with Crippen LogP contribution in [0.15, 0.2) is 147 Å². The number of hydrogen-bond acceptors (Lipinski definition) is 3. The molecule has 0 aromatic heterocycles. The average Bonchev–Trinajstić information content (AvgIpc) is 3.18. The van der Waals surface area contributed by atoms with Crippen molar-refractivity contribution in [1.82, 2.24) is 0 Å². The molecule has 52 heavy (non-hydrogen) atoms. The Morgan fingerprint density at radius 1 is 0.481 bits per heavy atom. The maximum Gasteiger partial charge on any atom is 0.119 e. The van der Waals surface area contributed by atoms with E-state index in [1.54, 1.807) is 0 Å². The van der Waals surface area contributed by atoms with Crippen molar-refractivity contribution in [3.8, 4) is 22.6 Å². The molecule has 6 rings (SSSR count). The van der Waals surface area contributed by atoms with E-state index in [2.05, 4.69) is 131 Å². The fourth-order valence-electron chi connectivity index (χ4n) is 6.44. The largest absolute Gasteiger partial charge is 0.494 e. The summed E-state index contributed by atoms with van der Waals surface area (Å²) in [7, 11) is 0. The standard InChI is InChI=1S/C49H49NO2/c1-7-39-11-25-48(26-12-39)51-31-29-44(30-32-52-49-27-13-40(8-2)14-28-49)42-17-15-41(16-18-42)43-19-23-45(24-20-43)50(46-21-9-35(3)37(5)33-46)47-22-10-36(4)38(6)34-47/h7-28,33-34,44H,1-2,29-32H2,3-6H3. The Morgan fingerprint density at radius 2 is 0.885 bits per heavy atom. The van der Waals surface area contributed by atoms with Gasteiger partial charge in [-0.15, -0.1) is 0 Å². The van der Waals surface area contributed by atoms with Gasteiger partial charge in [0, 0.05) is 17.1 Å². The number of anilines is 3. The highest BCUT2D eigenvalue weighted by Crippen LogP contribution is 2.37. The molecule has 6 aromatic rings. The third kappa shape index (κ3) is 8.91. The van der Waals surface area contributed by atoms with Crippen molar-refractivity contribution in [2.45, 2.75) is 46.5 Å². The first-order valence-electron chi connectivity index (χ1n) is 18.2. The quantitative estimate of drug-likeness (QED) is 0.108. The molecule has 0 unspecified atom stereocenters. The molecule has 0 spiro atoms. The van der Waals surface area contributed by atoms with E-state index in [4.69, 9.17) is 9.47 Å². The normalized spacial score (nSPS) is 10.9. The van der Waals surface area contributed by atoms with E-state index in [0.29, 0.717) is 13.2 Å². The molecule has 0 aliphatic carbocycles. The molecule has 262 valence electrons. The molecule has 0 aliphatic heterocycles. The maximum atomic E-state index is 6.17. The Labute approximate surface area is 310 Å². The molecule has 3 nitrogen and oxygen atoms in total. The number of hydrogen-bond donors (Lipinski definition) is 0. The van der Waals surface area contributed by atoms with Crippen molar-refractivity contribution in [2.24, 2.45) is 0 Å². The first kappa shape index (κ1) is 36.0. The topological polar surface area (TPSA) is 21.7 Å². The zero-order valence-corrected chi connectivity index (χ0v) is 30.9. The van der Waals surface area contributed by atoms with Crippen LogP contribution in [0.3, 0.4) is 0 Å². The van der Waals surface area contributed by atoms with E-state index >= 15 is 0 Å². The van der Waals surface area contributed by atoms with Gasteiger partial charge >= 0.3 is 0 Å². The molecular weight excluding hydrogens is 635 g/mol. The van der Waals surface area contributed by atoms with Gasteiger partial charge in [-0.3, -0.25) is 0 Å². The van der Waals surface area contributed by atoms with Crippen LogP contribution >= 0.6 is 0 Å². The van der Waals surface area contributed by atoms with Crippen LogP contribution in [0.1, 0.15) is 57.7 Å². The lowest BCUT2D eigenvalue weighted by Gasteiger charge is -2.27. The molecule has 0 fully saturated rings. The summed E-state index contributed by atoms with van der Waals surface area (Å²) in [6.07, 6.45) is 5.44. The van der Waals surface area contributed by atoms with E-state index in [1.165, 1.54) is 38.9 Å². The highest BCUT2D eigenvalue weighted by molar-refractivity contribution is 5.79. The van der Waals surface area contributed by atoms with Gasteiger partial charge in [-0.25, -0.2) is 0 Å². The summed E-state index contributed by atoms with van der Waals surface area (Å²) in [5.41, 5.74) is 14.4. The van der Waals surface area contributed by atoms with Crippen LogP contribution in [0.4, 0.5) is 17.1 Å². The minimum absolute atomic E-state index is 0.279. The lowest BCUT2D eigenvalue weighted by molar-refractivity contribution is 0.264. The predicted octanol–water partition coefficient (Wildman–Crippen LogP) is 13.4. The smallest absolute Gasteiger partial charge is 0.119 e. The van der Waals surface area contributed by atoms with Crippen LogP contribution in [0.25, 0.3) is 23.3 Å². The van der Waals surface area contributed by atoms with Crippen molar-refractivity contribution in [3.05, 3.63) is 186 Å². The monoisotopic (exact) mass is 683 g/mol. The summed E-state index contributed by atoms with van der Waals surface area (Å²) in [6, 6.07) is 47.5. The van der Waals surface area contributed by atoms with E-state index in [0.717, 1.165) is 52.5 Å². The van der Waals surface area contributed by atoms with Crippen molar-refractivity contribution in [2.75, 3.05) is 18.1 Å². The number of rotatable bonds is 15. The molecule has 0 heterocycles. The number of nitrogens with zero attached hydrogens (tertiary/aromatic N) is 1. The summed E-state index contributed by atoms with van der Waals surface area (Å²) in [5.74, 6) is 2.02. The Balaban J connectivity index is 1.19. The fourth-order valence-corrected chi connectivity index (χ4v) is 6.44. The maximum absolute atomic E-state index is 6.17. The second kappa shape index (κ2) is 16.9. The van der Waals surface area contributed by atoms with Crippen LogP contribution in [0.2, 0.25) is 0 Å². The fraction of sp³-hybridized carbons (Fsp3) is 0.184. The average molecular weight is 684 g/mol. The lowest BCUT2D eigenvalue weighted by atomic mass is 9.91. The zero-order chi connectivity index (χ0) is 36.5. The third-order valence-electron chi connectivity index (χ3n) is 10.0. The molecular formula is C49H49NO2. The van der Waals surface area contributed by atoms with Gasteiger partial charge in [0.15, 0.2) is 0 Å². The molecule has 0 atom stereocenters. The van der Waals surface area contributed by atoms with E-state index < -0.39 is 0 Å². The number of ether oxygens (including phenoxy) is 2. The highest BCUT2D eigenvalue weighted by atomic mass is 16.5. The third-order valence-corrected chi connectivity index (χ3v) is 10.0. The van der Waals surface area contributed by atoms with Gasteiger partial charge in [0.1, 0.15) is 11.5 Å². The van der Waals surface area contributed by atoms with Crippen molar-refractivity contribution in [3.63, 3.8) is 0 Å². The first-order chi connectivity index (χ1) is 25.3. The van der Waals surface area contributed by atoms with Gasteiger partial charge in [-0.05, 0) is 157 Å². The SMILES string of the molecule is C=Cc1ccc(OCCC(CCOc2ccc(C=C)cc2)c2ccc(-c3ccc(N(c4ccc(C)c(C)c4)c4ccc(C)c(C)c4)cc3)cc2)cc1. The van der Waals surface area contributed by atoms with Crippen LogP contribution < -0.4 is 14.4 Å². The highest BCUT2D eigenvalue weighted by Gasteiger charge is 2.16. The summed E-state index contributed by atoms with van der Waals surface area (Å²) in [6.45, 7) is 17.6. The molecule has 0 aliphatic rings. The van der Waals surface area contributed by atoms with Gasteiger partial charge in [0.05, 0.1) is 13.2 Å². The molecule has 3 heteroatoms. The summed E-state index contributed by atoms with van der Waals surface area (Å²) < 4.78 is 12.3. The minimum Gasteiger partial charge on any atom is -0.494 e. The van der Waals surface area contributed by atoms with Crippen molar-refractivity contribution >= 4 is 29.2 Å². The van der Waals surface area contributed by atoms with E-state index in [-0.39, 0.29) is 5.92 Å². The molecule has 0 saturated heterocycles. The molecule has 0 radical (unpaired) electrons. The number of aryl methyl sites for hydroxylation is 4. The summed E-state index contributed by atoms with van der Waals surface area (Å²) in [4.78, 5) is 2.35. The lowest BCUT2D eigenvalue weighted by Crippen LogP contribution is -2.11. The minimum atomic E-state index is 0.279. The molecule has 6 aromatic carbocycles. The Hall–Kier alpha value is -5.80. The second-order valence-electron chi connectivity index (χ2n) is 13.6. The van der Waals surface area contributed by atoms with Gasteiger partial charge < -0.3 is 14.4 Å². The van der Waals surface area contributed by atoms with Gasteiger partial charge in [0.2, 0.25) is 0 Å². The van der Waals surface area contributed by atoms with Crippen LogP contribution in [-0.2, 0) is 0 Å². The molecule has 0 N–H and O–H groups in total. The predicted molar refractivity (Wildman–Crippen MR) is 222 cm³/mol. The Kier molecular flexibility index (Phi) is 11.7. The Morgan fingerprint density at radius 3 is 1.29 bits per heavy atom. The van der Waals surface area contributed by atoms with Crippen molar-refractivity contribution in [1.29, 1.82) is 0 Å². The zero-order valence-electron chi connectivity index (χ0n) is 30.9. The van der Waals surface area contributed by atoms with Crippen LogP contribution in [0, 0.1) is 27.7 Å². The molecule has 0 bridgehead atoms. The van der Waals surface area contributed by atoms with Gasteiger partial charge in [0.25, 0.3) is 0 Å². The summed E-state index contributed by atoms with van der Waals surface area (Å²) >= 11 is 0. The van der Waals surface area contributed by atoms with E-state index in [1.807, 2.05) is 60.7 Å². The molecule has 0 saturated carbocycles.